The summed E-state index contributed by atoms with van der Waals surface area (Å²) in [6.45, 7) is 2.98. The molecule has 26 heavy (non-hydrogen) atoms. The normalized spacial score (nSPS) is 12.2. The first-order chi connectivity index (χ1) is 12.5. The van der Waals surface area contributed by atoms with E-state index in [9.17, 15) is 0 Å². The van der Waals surface area contributed by atoms with Gasteiger partial charge in [-0.2, -0.15) is 9.97 Å². The first kappa shape index (κ1) is 17.7. The molecule has 1 aromatic carbocycles. The third-order valence-electron chi connectivity index (χ3n) is 3.94. The van der Waals surface area contributed by atoms with Crippen molar-refractivity contribution in [3.63, 3.8) is 0 Å². The molecule has 1 atom stereocenters. The average Bonchev–Trinajstić information content (AvgIpc) is 3.00. The van der Waals surface area contributed by atoms with E-state index in [4.69, 9.17) is 16.2 Å². The van der Waals surface area contributed by atoms with E-state index in [1.54, 1.807) is 13.4 Å². The number of hydrogen-bond acceptors (Lipinski definition) is 8. The van der Waals surface area contributed by atoms with E-state index in [2.05, 4.69) is 25.6 Å². The quantitative estimate of drug-likeness (QED) is 0.467. The lowest BCUT2D eigenvalue weighted by atomic mass is 10.1. The van der Waals surface area contributed by atoms with Crippen LogP contribution in [-0.2, 0) is 13.6 Å². The van der Waals surface area contributed by atoms with Crippen LogP contribution in [0.4, 0.5) is 17.5 Å². The molecule has 0 saturated carbocycles. The molecular formula is C17H24N8O. The van der Waals surface area contributed by atoms with Crippen LogP contribution in [0.15, 0.2) is 24.5 Å². The second kappa shape index (κ2) is 7.44. The van der Waals surface area contributed by atoms with E-state index < -0.39 is 0 Å². The number of nitrogens with two attached hydrogens (primary N) is 2. The highest BCUT2D eigenvalue weighted by molar-refractivity contribution is 5.84. The molecule has 6 N–H and O–H groups in total. The van der Waals surface area contributed by atoms with Crippen molar-refractivity contribution in [3.05, 3.63) is 30.1 Å². The van der Waals surface area contributed by atoms with Crippen LogP contribution < -0.4 is 26.8 Å². The standard InChI is InChI=1S/C17H24N8O/c1-10(18)7-21-17-23-15(14-16(24-17)25(2)9-22-14)20-8-11-6-12(26-3)4-5-13(11)19/h4-6,9-10H,7-8,18-19H2,1-3H3,(H2,20,21,23,24). The Kier molecular flexibility index (Phi) is 5.08. The molecule has 0 saturated heterocycles. The minimum Gasteiger partial charge on any atom is -0.497 e. The largest absolute Gasteiger partial charge is 0.497 e. The fourth-order valence-corrected chi connectivity index (χ4v) is 2.50. The van der Waals surface area contributed by atoms with E-state index in [0.717, 1.165) is 17.0 Å². The maximum atomic E-state index is 6.06. The van der Waals surface area contributed by atoms with Crippen molar-refractivity contribution in [1.82, 2.24) is 19.5 Å². The Labute approximate surface area is 151 Å². The third kappa shape index (κ3) is 3.77. The van der Waals surface area contributed by atoms with Crippen molar-refractivity contribution in [1.29, 1.82) is 0 Å². The second-order valence-electron chi connectivity index (χ2n) is 6.20. The highest BCUT2D eigenvalue weighted by Gasteiger charge is 2.13. The van der Waals surface area contributed by atoms with Crippen LogP contribution in [0.1, 0.15) is 12.5 Å². The van der Waals surface area contributed by atoms with E-state index in [1.165, 1.54) is 0 Å². The minimum atomic E-state index is -0.00572. The number of ether oxygens (including phenoxy) is 1. The van der Waals surface area contributed by atoms with Crippen LogP contribution in [0.3, 0.4) is 0 Å². The van der Waals surface area contributed by atoms with Crippen LogP contribution >= 0.6 is 0 Å². The Morgan fingerprint density at radius 1 is 1.27 bits per heavy atom. The van der Waals surface area contributed by atoms with Gasteiger partial charge < -0.3 is 31.4 Å². The molecule has 0 radical (unpaired) electrons. The van der Waals surface area contributed by atoms with E-state index in [1.807, 2.05) is 36.7 Å². The lowest BCUT2D eigenvalue weighted by molar-refractivity contribution is 0.414. The van der Waals surface area contributed by atoms with E-state index >= 15 is 0 Å². The molecule has 2 aromatic heterocycles. The Hall–Kier alpha value is -3.07. The predicted molar refractivity (Wildman–Crippen MR) is 103 cm³/mol. The number of benzene rings is 1. The molecule has 9 nitrogen and oxygen atoms in total. The van der Waals surface area contributed by atoms with E-state index in [0.29, 0.717) is 36.1 Å². The lowest BCUT2D eigenvalue weighted by Crippen LogP contribution is -2.26. The summed E-state index contributed by atoms with van der Waals surface area (Å²) in [6, 6.07) is 5.54. The van der Waals surface area contributed by atoms with Gasteiger partial charge >= 0.3 is 0 Å². The summed E-state index contributed by atoms with van der Waals surface area (Å²) < 4.78 is 7.11. The maximum absolute atomic E-state index is 6.06. The Morgan fingerprint density at radius 3 is 2.81 bits per heavy atom. The molecule has 0 aliphatic rings. The van der Waals surface area contributed by atoms with Gasteiger partial charge in [-0.1, -0.05) is 0 Å². The molecule has 0 aliphatic carbocycles. The Morgan fingerprint density at radius 2 is 2.08 bits per heavy atom. The molecular weight excluding hydrogens is 332 g/mol. The summed E-state index contributed by atoms with van der Waals surface area (Å²) in [7, 11) is 3.52. The van der Waals surface area contributed by atoms with Gasteiger partial charge in [0.05, 0.1) is 13.4 Å². The SMILES string of the molecule is COc1ccc(N)c(CNc2nc(NCC(C)N)nc3c2ncn3C)c1. The molecule has 9 heteroatoms. The zero-order chi connectivity index (χ0) is 18.7. The monoisotopic (exact) mass is 356 g/mol. The zero-order valence-electron chi connectivity index (χ0n) is 15.2. The van der Waals surface area contributed by atoms with Gasteiger partial charge in [0, 0.05) is 31.9 Å². The Bertz CT molecular complexity index is 905. The van der Waals surface area contributed by atoms with Gasteiger partial charge in [0.1, 0.15) is 5.75 Å². The zero-order valence-corrected chi connectivity index (χ0v) is 15.2. The van der Waals surface area contributed by atoms with Crippen LogP contribution in [-0.4, -0.2) is 39.2 Å². The first-order valence-electron chi connectivity index (χ1n) is 8.32. The van der Waals surface area contributed by atoms with Crippen LogP contribution in [0.5, 0.6) is 5.75 Å². The van der Waals surface area contributed by atoms with Crippen molar-refractivity contribution >= 4 is 28.6 Å². The Balaban J connectivity index is 1.88. The van der Waals surface area contributed by atoms with Crippen molar-refractivity contribution in [2.45, 2.75) is 19.5 Å². The summed E-state index contributed by atoms with van der Waals surface area (Å²) in [5.41, 5.74) is 14.9. The van der Waals surface area contributed by atoms with Crippen LogP contribution in [0.2, 0.25) is 0 Å². The topological polar surface area (TPSA) is 129 Å². The van der Waals surface area contributed by atoms with Crippen LogP contribution in [0.25, 0.3) is 11.2 Å². The molecule has 2 heterocycles. The summed E-state index contributed by atoms with van der Waals surface area (Å²) in [6.07, 6.45) is 1.71. The number of anilines is 3. The number of imidazole rings is 1. The van der Waals surface area contributed by atoms with Gasteiger partial charge in [0.2, 0.25) is 5.95 Å². The summed E-state index contributed by atoms with van der Waals surface area (Å²) in [5, 5.41) is 6.45. The number of aromatic nitrogens is 4. The predicted octanol–water partition coefficient (Wildman–Crippen LogP) is 1.33. The van der Waals surface area contributed by atoms with Gasteiger partial charge in [0.25, 0.3) is 0 Å². The first-order valence-corrected chi connectivity index (χ1v) is 8.32. The van der Waals surface area contributed by atoms with Gasteiger partial charge in [-0.3, -0.25) is 0 Å². The molecule has 1 unspecified atom stereocenters. The maximum Gasteiger partial charge on any atom is 0.226 e. The summed E-state index contributed by atoms with van der Waals surface area (Å²) >= 11 is 0. The lowest BCUT2D eigenvalue weighted by Gasteiger charge is -2.12. The molecule has 0 aliphatic heterocycles. The van der Waals surface area contributed by atoms with Gasteiger partial charge in [-0.05, 0) is 30.7 Å². The number of rotatable bonds is 7. The molecule has 0 fully saturated rings. The van der Waals surface area contributed by atoms with Gasteiger partial charge in [-0.25, -0.2) is 4.98 Å². The number of fused-ring (bicyclic) bond motifs is 1. The molecule has 0 amide bonds. The average molecular weight is 356 g/mol. The molecule has 3 rings (SSSR count). The van der Waals surface area contributed by atoms with E-state index in [-0.39, 0.29) is 6.04 Å². The summed E-state index contributed by atoms with van der Waals surface area (Å²) in [4.78, 5) is 13.4. The molecule has 3 aromatic rings. The fourth-order valence-electron chi connectivity index (χ4n) is 2.50. The van der Waals surface area contributed by atoms with Crippen LogP contribution in [0, 0.1) is 0 Å². The highest BCUT2D eigenvalue weighted by Crippen LogP contribution is 2.23. The number of methoxy groups -OCH3 is 1. The van der Waals surface area contributed by atoms with Crippen molar-refractivity contribution in [2.24, 2.45) is 12.8 Å². The van der Waals surface area contributed by atoms with Crippen molar-refractivity contribution < 1.29 is 4.74 Å². The van der Waals surface area contributed by atoms with Gasteiger partial charge in [0.15, 0.2) is 17.0 Å². The third-order valence-corrected chi connectivity index (χ3v) is 3.94. The van der Waals surface area contributed by atoms with Crippen molar-refractivity contribution in [2.75, 3.05) is 30.0 Å². The molecule has 0 spiro atoms. The number of nitrogens with zero attached hydrogens (tertiary/aromatic N) is 4. The number of nitrogen functional groups attached to an aromatic ring is 1. The molecule has 0 bridgehead atoms. The van der Waals surface area contributed by atoms with Gasteiger partial charge in [-0.15, -0.1) is 0 Å². The smallest absolute Gasteiger partial charge is 0.226 e. The second-order valence-corrected chi connectivity index (χ2v) is 6.20. The number of hydrogen-bond donors (Lipinski definition) is 4. The fraction of sp³-hybridized carbons (Fsp3) is 0.353. The number of aryl methyl sites for hydroxylation is 1. The summed E-state index contributed by atoms with van der Waals surface area (Å²) in [5.74, 6) is 1.88. The minimum absolute atomic E-state index is 0.00572. The van der Waals surface area contributed by atoms with Crippen molar-refractivity contribution in [3.8, 4) is 5.75 Å². The highest BCUT2D eigenvalue weighted by atomic mass is 16.5. The molecule has 138 valence electrons. The number of nitrogens with one attached hydrogen (secondary N) is 2.